The summed E-state index contributed by atoms with van der Waals surface area (Å²) in [5, 5.41) is 16.0. The number of aromatic amines is 1. The molecule has 26 heavy (non-hydrogen) atoms. The first kappa shape index (κ1) is 17.5. The lowest BCUT2D eigenvalue weighted by atomic mass is 10.0. The number of hydrogen-bond donors (Lipinski definition) is 4. The molecule has 1 unspecified atom stereocenters. The molecule has 3 aromatic rings. The zero-order chi connectivity index (χ0) is 18.5. The molecule has 0 saturated carbocycles. The lowest BCUT2D eigenvalue weighted by Gasteiger charge is -2.22. The second-order valence-corrected chi connectivity index (χ2v) is 6.35. The second-order valence-electron chi connectivity index (χ2n) is 6.35. The van der Waals surface area contributed by atoms with Gasteiger partial charge in [0.05, 0.1) is 11.7 Å². The standard InChI is InChI=1S/C19H21N5O2/c1-12(2)17(23-19(26)22-14-6-4-3-5-7-14)18(25)21-15-8-9-16-13(10-15)11-20-24-16/h3-12,17H,1-2H3,(H,20,24)(H,21,25)(H2,22,23,26). The molecule has 2 aromatic carbocycles. The number of nitrogens with zero attached hydrogens (tertiary/aromatic N) is 1. The number of nitrogens with one attached hydrogen (secondary N) is 4. The quantitative estimate of drug-likeness (QED) is 0.567. The molecular weight excluding hydrogens is 330 g/mol. The number of rotatable bonds is 5. The van der Waals surface area contributed by atoms with Crippen LogP contribution in [0.4, 0.5) is 16.2 Å². The van der Waals surface area contributed by atoms with Gasteiger partial charge in [0.25, 0.3) is 0 Å². The molecule has 0 fully saturated rings. The Morgan fingerprint density at radius 1 is 1.00 bits per heavy atom. The van der Waals surface area contributed by atoms with Crippen LogP contribution in [0.15, 0.2) is 54.7 Å². The van der Waals surface area contributed by atoms with E-state index in [2.05, 4.69) is 26.1 Å². The van der Waals surface area contributed by atoms with Gasteiger partial charge in [0.1, 0.15) is 6.04 Å². The molecule has 1 atom stereocenters. The number of carbonyl (C=O) groups excluding carboxylic acids is 2. The first-order valence-electron chi connectivity index (χ1n) is 8.39. The maximum atomic E-state index is 12.6. The molecule has 7 nitrogen and oxygen atoms in total. The fourth-order valence-corrected chi connectivity index (χ4v) is 2.61. The number of amides is 3. The van der Waals surface area contributed by atoms with Gasteiger partial charge < -0.3 is 16.0 Å². The van der Waals surface area contributed by atoms with Crippen LogP contribution in [0.5, 0.6) is 0 Å². The topological polar surface area (TPSA) is 98.9 Å². The van der Waals surface area contributed by atoms with E-state index in [0.717, 1.165) is 10.9 Å². The number of aromatic nitrogens is 2. The van der Waals surface area contributed by atoms with Crippen molar-refractivity contribution in [2.45, 2.75) is 19.9 Å². The van der Waals surface area contributed by atoms with Crippen molar-refractivity contribution in [3.63, 3.8) is 0 Å². The maximum Gasteiger partial charge on any atom is 0.319 e. The molecule has 7 heteroatoms. The normalized spacial score (nSPS) is 12.0. The monoisotopic (exact) mass is 351 g/mol. The Morgan fingerprint density at radius 3 is 2.50 bits per heavy atom. The molecule has 1 aromatic heterocycles. The summed E-state index contributed by atoms with van der Waals surface area (Å²) < 4.78 is 0. The van der Waals surface area contributed by atoms with Crippen molar-refractivity contribution in [3.05, 3.63) is 54.7 Å². The summed E-state index contributed by atoms with van der Waals surface area (Å²) >= 11 is 0. The first-order valence-corrected chi connectivity index (χ1v) is 8.39. The minimum absolute atomic E-state index is 0.0748. The van der Waals surface area contributed by atoms with Gasteiger partial charge in [-0.25, -0.2) is 4.79 Å². The van der Waals surface area contributed by atoms with E-state index in [0.29, 0.717) is 11.4 Å². The van der Waals surface area contributed by atoms with Gasteiger partial charge in [0, 0.05) is 16.8 Å². The van der Waals surface area contributed by atoms with E-state index in [1.807, 2.05) is 44.2 Å². The summed E-state index contributed by atoms with van der Waals surface area (Å²) in [4.78, 5) is 24.8. The zero-order valence-electron chi connectivity index (χ0n) is 14.6. The molecule has 0 bridgehead atoms. The number of anilines is 2. The van der Waals surface area contributed by atoms with Crippen molar-refractivity contribution in [1.29, 1.82) is 0 Å². The summed E-state index contributed by atoms with van der Waals surface area (Å²) in [7, 11) is 0. The third-order valence-electron chi connectivity index (χ3n) is 3.98. The van der Waals surface area contributed by atoms with Crippen molar-refractivity contribution in [1.82, 2.24) is 15.5 Å². The molecule has 3 amide bonds. The number of hydrogen-bond acceptors (Lipinski definition) is 3. The predicted octanol–water partition coefficient (Wildman–Crippen LogP) is 3.35. The van der Waals surface area contributed by atoms with Crippen LogP contribution in [0, 0.1) is 5.92 Å². The molecule has 134 valence electrons. The summed E-state index contributed by atoms with van der Waals surface area (Å²) in [5.41, 5.74) is 2.21. The van der Waals surface area contributed by atoms with Crippen molar-refractivity contribution >= 4 is 34.2 Å². The number of urea groups is 1. The Bertz CT molecular complexity index is 904. The Morgan fingerprint density at radius 2 is 1.77 bits per heavy atom. The van der Waals surface area contributed by atoms with Crippen molar-refractivity contribution in [2.24, 2.45) is 5.92 Å². The van der Waals surface area contributed by atoms with Gasteiger partial charge >= 0.3 is 6.03 Å². The van der Waals surface area contributed by atoms with E-state index in [9.17, 15) is 9.59 Å². The lowest BCUT2D eigenvalue weighted by molar-refractivity contribution is -0.118. The van der Waals surface area contributed by atoms with E-state index in [1.165, 1.54) is 0 Å². The SMILES string of the molecule is CC(C)C(NC(=O)Nc1ccccc1)C(=O)Nc1ccc2[nH]ncc2c1. The van der Waals surface area contributed by atoms with E-state index in [4.69, 9.17) is 0 Å². The van der Waals surface area contributed by atoms with Crippen LogP contribution in [0.3, 0.4) is 0 Å². The highest BCUT2D eigenvalue weighted by Crippen LogP contribution is 2.17. The van der Waals surface area contributed by atoms with Gasteiger partial charge in [-0.2, -0.15) is 5.10 Å². The molecule has 0 aliphatic rings. The van der Waals surface area contributed by atoms with Gasteiger partial charge in [0.15, 0.2) is 0 Å². The van der Waals surface area contributed by atoms with Crippen LogP contribution < -0.4 is 16.0 Å². The van der Waals surface area contributed by atoms with Crippen molar-refractivity contribution < 1.29 is 9.59 Å². The number of H-pyrrole nitrogens is 1. The largest absolute Gasteiger partial charge is 0.326 e. The highest BCUT2D eigenvalue weighted by Gasteiger charge is 2.24. The Labute approximate surface area is 151 Å². The third kappa shape index (κ3) is 4.18. The minimum Gasteiger partial charge on any atom is -0.326 e. The predicted molar refractivity (Wildman–Crippen MR) is 102 cm³/mol. The minimum atomic E-state index is -0.668. The first-order chi connectivity index (χ1) is 12.5. The van der Waals surface area contributed by atoms with E-state index in [1.54, 1.807) is 24.4 Å². The fraction of sp³-hybridized carbons (Fsp3) is 0.211. The number of carbonyl (C=O) groups is 2. The van der Waals surface area contributed by atoms with Gasteiger partial charge in [0.2, 0.25) is 5.91 Å². The molecule has 1 heterocycles. The lowest BCUT2D eigenvalue weighted by Crippen LogP contribution is -2.48. The molecule has 0 aliphatic heterocycles. The molecule has 0 spiro atoms. The van der Waals surface area contributed by atoms with Gasteiger partial charge in [-0.3, -0.25) is 9.89 Å². The van der Waals surface area contributed by atoms with Crippen LogP contribution in [0.1, 0.15) is 13.8 Å². The van der Waals surface area contributed by atoms with Crippen LogP contribution in [0.2, 0.25) is 0 Å². The number of fused-ring (bicyclic) bond motifs is 1. The van der Waals surface area contributed by atoms with Gasteiger partial charge in [-0.05, 0) is 36.2 Å². The molecule has 0 aliphatic carbocycles. The van der Waals surface area contributed by atoms with Crippen LogP contribution >= 0.6 is 0 Å². The summed E-state index contributed by atoms with van der Waals surface area (Å²) in [6.45, 7) is 3.76. The number of benzene rings is 2. The molecule has 3 rings (SSSR count). The van der Waals surface area contributed by atoms with Crippen molar-refractivity contribution in [3.8, 4) is 0 Å². The third-order valence-corrected chi connectivity index (χ3v) is 3.98. The average Bonchev–Trinajstić information content (AvgIpc) is 3.08. The van der Waals surface area contributed by atoms with Crippen LogP contribution in [-0.4, -0.2) is 28.2 Å². The van der Waals surface area contributed by atoms with Crippen LogP contribution in [-0.2, 0) is 4.79 Å². The summed E-state index contributed by atoms with van der Waals surface area (Å²) in [5.74, 6) is -0.347. The second kappa shape index (κ2) is 7.69. The Balaban J connectivity index is 1.66. The van der Waals surface area contributed by atoms with Crippen molar-refractivity contribution in [2.75, 3.05) is 10.6 Å². The van der Waals surface area contributed by atoms with E-state index < -0.39 is 12.1 Å². The van der Waals surface area contributed by atoms with Gasteiger partial charge in [-0.1, -0.05) is 32.0 Å². The molecule has 4 N–H and O–H groups in total. The summed E-state index contributed by atoms with van der Waals surface area (Å²) in [6.07, 6.45) is 1.69. The summed E-state index contributed by atoms with van der Waals surface area (Å²) in [6, 6.07) is 13.5. The molecular formula is C19H21N5O2. The Hall–Kier alpha value is -3.35. The maximum absolute atomic E-state index is 12.6. The highest BCUT2D eigenvalue weighted by molar-refractivity contribution is 6.00. The highest BCUT2D eigenvalue weighted by atomic mass is 16.2. The Kier molecular flexibility index (Phi) is 5.17. The number of para-hydroxylation sites is 1. The zero-order valence-corrected chi connectivity index (χ0v) is 14.6. The smallest absolute Gasteiger partial charge is 0.319 e. The molecule has 0 radical (unpaired) electrons. The van der Waals surface area contributed by atoms with Crippen LogP contribution in [0.25, 0.3) is 10.9 Å². The van der Waals surface area contributed by atoms with Gasteiger partial charge in [-0.15, -0.1) is 0 Å². The fourth-order valence-electron chi connectivity index (χ4n) is 2.61. The van der Waals surface area contributed by atoms with E-state index >= 15 is 0 Å². The average molecular weight is 351 g/mol. The molecule has 0 saturated heterocycles. The van der Waals surface area contributed by atoms with E-state index in [-0.39, 0.29) is 11.8 Å².